The highest BCUT2D eigenvalue weighted by Gasteiger charge is 2.28. The number of ether oxygens (including phenoxy) is 2. The number of fused-ring (bicyclic) bond motifs is 1. The van der Waals surface area contributed by atoms with E-state index in [-0.39, 0.29) is 17.6 Å². The number of nitrogens with two attached hydrogens (primary N) is 1. The van der Waals surface area contributed by atoms with Crippen LogP contribution in [0.25, 0.3) is 0 Å². The van der Waals surface area contributed by atoms with Crippen molar-refractivity contribution in [1.29, 1.82) is 0 Å². The first-order valence-corrected chi connectivity index (χ1v) is 6.99. The van der Waals surface area contributed by atoms with Crippen molar-refractivity contribution in [3.05, 3.63) is 41.2 Å². The van der Waals surface area contributed by atoms with Crippen LogP contribution in [-0.2, 0) is 6.42 Å². The molecule has 0 saturated heterocycles. The van der Waals surface area contributed by atoms with Gasteiger partial charge in [0, 0.05) is 12.6 Å². The predicted octanol–water partition coefficient (Wildman–Crippen LogP) is 1.99. The lowest BCUT2D eigenvalue weighted by Gasteiger charge is -2.23. The normalized spacial score (nSPS) is 17.0. The molecule has 0 radical (unpaired) electrons. The maximum absolute atomic E-state index is 12.3. The molecule has 1 aromatic carbocycles. The first-order chi connectivity index (χ1) is 10.6. The van der Waals surface area contributed by atoms with E-state index in [1.807, 2.05) is 18.2 Å². The van der Waals surface area contributed by atoms with Crippen molar-refractivity contribution >= 4 is 11.7 Å². The average molecular weight is 299 g/mol. The summed E-state index contributed by atoms with van der Waals surface area (Å²) in [6.45, 7) is 0. The number of aromatic nitrogens is 2. The van der Waals surface area contributed by atoms with E-state index in [0.29, 0.717) is 35.6 Å². The van der Waals surface area contributed by atoms with Gasteiger partial charge in [0.15, 0.2) is 17.3 Å². The number of methoxy groups -OCH3 is 2. The highest BCUT2D eigenvalue weighted by atomic mass is 16.5. The average Bonchev–Trinajstić information content (AvgIpc) is 2.53. The summed E-state index contributed by atoms with van der Waals surface area (Å²) in [6.07, 6.45) is 2.60. The van der Waals surface area contributed by atoms with Gasteiger partial charge in [0.25, 0.3) is 0 Å². The van der Waals surface area contributed by atoms with Gasteiger partial charge in [-0.05, 0) is 30.0 Å². The fourth-order valence-corrected chi connectivity index (χ4v) is 2.80. The molecule has 1 atom stereocenters. The molecular weight excluding hydrogens is 282 g/mol. The van der Waals surface area contributed by atoms with Crippen molar-refractivity contribution in [2.75, 3.05) is 20.0 Å². The van der Waals surface area contributed by atoms with Gasteiger partial charge in [-0.1, -0.05) is 6.07 Å². The third-order valence-corrected chi connectivity index (χ3v) is 3.94. The molecule has 1 aliphatic rings. The molecule has 22 heavy (non-hydrogen) atoms. The Morgan fingerprint density at radius 2 is 1.95 bits per heavy atom. The third-order valence-electron chi connectivity index (χ3n) is 3.94. The number of nitrogen functional groups attached to an aromatic ring is 1. The van der Waals surface area contributed by atoms with Crippen molar-refractivity contribution in [3.63, 3.8) is 0 Å². The first kappa shape index (κ1) is 14.3. The number of ketones is 1. The number of hydrogen-bond acceptors (Lipinski definition) is 6. The molecular formula is C16H17N3O3. The molecule has 6 nitrogen and oxygen atoms in total. The van der Waals surface area contributed by atoms with Gasteiger partial charge in [0.1, 0.15) is 0 Å². The molecule has 1 heterocycles. The molecule has 2 aromatic rings. The summed E-state index contributed by atoms with van der Waals surface area (Å²) in [5, 5.41) is 0. The second-order valence-corrected chi connectivity index (χ2v) is 5.23. The molecule has 0 amide bonds. The maximum atomic E-state index is 12.3. The van der Waals surface area contributed by atoms with E-state index in [2.05, 4.69) is 9.97 Å². The summed E-state index contributed by atoms with van der Waals surface area (Å²) in [5.41, 5.74) is 7.93. The summed E-state index contributed by atoms with van der Waals surface area (Å²) in [5.74, 6) is 1.61. The maximum Gasteiger partial charge on any atom is 0.220 e. The van der Waals surface area contributed by atoms with Crippen LogP contribution in [0.4, 0.5) is 5.95 Å². The number of anilines is 1. The minimum atomic E-state index is 0.0426. The lowest BCUT2D eigenvalue weighted by molar-refractivity contribution is 0.0962. The topological polar surface area (TPSA) is 87.3 Å². The predicted molar refractivity (Wildman–Crippen MR) is 81.4 cm³/mol. The zero-order valence-electron chi connectivity index (χ0n) is 12.5. The van der Waals surface area contributed by atoms with Gasteiger partial charge >= 0.3 is 0 Å². The molecule has 0 spiro atoms. The number of carbonyl (C=O) groups excluding carboxylic acids is 1. The van der Waals surface area contributed by atoms with Crippen molar-refractivity contribution in [2.45, 2.75) is 18.8 Å². The summed E-state index contributed by atoms with van der Waals surface area (Å²) in [6, 6.07) is 5.71. The minimum Gasteiger partial charge on any atom is -0.493 e. The molecule has 0 aliphatic heterocycles. The number of Topliss-reactive ketones (excluding diaryl/α,β-unsaturated/α-hetero) is 1. The summed E-state index contributed by atoms with van der Waals surface area (Å²) in [4.78, 5) is 20.4. The molecule has 1 unspecified atom stereocenters. The van der Waals surface area contributed by atoms with Crippen LogP contribution < -0.4 is 15.2 Å². The van der Waals surface area contributed by atoms with Crippen LogP contribution in [0.5, 0.6) is 11.5 Å². The van der Waals surface area contributed by atoms with Crippen molar-refractivity contribution < 1.29 is 14.3 Å². The fourth-order valence-electron chi connectivity index (χ4n) is 2.80. The van der Waals surface area contributed by atoms with Gasteiger partial charge in [0.2, 0.25) is 5.95 Å². The quantitative estimate of drug-likeness (QED) is 0.932. The largest absolute Gasteiger partial charge is 0.493 e. The van der Waals surface area contributed by atoms with Gasteiger partial charge in [-0.2, -0.15) is 0 Å². The molecule has 114 valence electrons. The Hall–Kier alpha value is -2.63. The molecule has 0 saturated carbocycles. The summed E-state index contributed by atoms with van der Waals surface area (Å²) >= 11 is 0. The second-order valence-electron chi connectivity index (χ2n) is 5.23. The van der Waals surface area contributed by atoms with Crippen LogP contribution >= 0.6 is 0 Å². The summed E-state index contributed by atoms with van der Waals surface area (Å²) in [7, 11) is 3.19. The van der Waals surface area contributed by atoms with Crippen LogP contribution in [0.15, 0.2) is 24.4 Å². The van der Waals surface area contributed by atoms with E-state index in [9.17, 15) is 4.79 Å². The Kier molecular flexibility index (Phi) is 3.66. The SMILES string of the molecule is COc1ccc(C2CC(=O)c3cnc(N)nc3C2)cc1OC. The van der Waals surface area contributed by atoms with Crippen LogP contribution in [0, 0.1) is 0 Å². The monoisotopic (exact) mass is 299 g/mol. The van der Waals surface area contributed by atoms with Gasteiger partial charge in [-0.25, -0.2) is 9.97 Å². The molecule has 0 bridgehead atoms. The lowest BCUT2D eigenvalue weighted by atomic mass is 9.82. The number of hydrogen-bond donors (Lipinski definition) is 1. The first-order valence-electron chi connectivity index (χ1n) is 6.99. The second kappa shape index (κ2) is 5.63. The van der Waals surface area contributed by atoms with E-state index in [1.165, 1.54) is 6.20 Å². The van der Waals surface area contributed by atoms with Crippen LogP contribution in [0.3, 0.4) is 0 Å². The van der Waals surface area contributed by atoms with Crippen molar-refractivity contribution in [2.24, 2.45) is 0 Å². The Balaban J connectivity index is 1.95. The van der Waals surface area contributed by atoms with Gasteiger partial charge in [-0.15, -0.1) is 0 Å². The highest BCUT2D eigenvalue weighted by Crippen LogP contribution is 2.36. The zero-order valence-corrected chi connectivity index (χ0v) is 12.5. The molecule has 3 rings (SSSR count). The van der Waals surface area contributed by atoms with E-state index in [0.717, 1.165) is 5.56 Å². The van der Waals surface area contributed by atoms with Gasteiger partial charge < -0.3 is 15.2 Å². The van der Waals surface area contributed by atoms with Gasteiger partial charge in [0.05, 0.1) is 25.5 Å². The highest BCUT2D eigenvalue weighted by molar-refractivity contribution is 5.98. The Labute approximate surface area is 128 Å². The molecule has 6 heteroatoms. The van der Waals surface area contributed by atoms with Gasteiger partial charge in [-0.3, -0.25) is 4.79 Å². The summed E-state index contributed by atoms with van der Waals surface area (Å²) < 4.78 is 10.6. The number of rotatable bonds is 3. The number of nitrogens with zero attached hydrogens (tertiary/aromatic N) is 2. The van der Waals surface area contributed by atoms with Crippen molar-refractivity contribution in [1.82, 2.24) is 9.97 Å². The molecule has 0 fully saturated rings. The number of benzene rings is 1. The van der Waals surface area contributed by atoms with E-state index >= 15 is 0 Å². The van der Waals surface area contributed by atoms with E-state index in [4.69, 9.17) is 15.2 Å². The zero-order chi connectivity index (χ0) is 15.7. The molecule has 1 aromatic heterocycles. The van der Waals surface area contributed by atoms with Crippen LogP contribution in [-0.4, -0.2) is 30.0 Å². The number of carbonyl (C=O) groups is 1. The third kappa shape index (κ3) is 2.47. The van der Waals surface area contributed by atoms with E-state index < -0.39 is 0 Å². The lowest BCUT2D eigenvalue weighted by Crippen LogP contribution is -2.21. The smallest absolute Gasteiger partial charge is 0.220 e. The Bertz CT molecular complexity index is 731. The standard InChI is InChI=1S/C16H17N3O3/c1-21-14-4-3-9(7-15(14)22-2)10-5-12-11(13(20)6-10)8-18-16(17)19-12/h3-4,7-8,10H,5-6H2,1-2H3,(H2,17,18,19). The Morgan fingerprint density at radius 3 is 2.68 bits per heavy atom. The Morgan fingerprint density at radius 1 is 1.18 bits per heavy atom. The van der Waals surface area contributed by atoms with E-state index in [1.54, 1.807) is 14.2 Å². The van der Waals surface area contributed by atoms with Crippen LogP contribution in [0.2, 0.25) is 0 Å². The minimum absolute atomic E-state index is 0.0426. The van der Waals surface area contributed by atoms with Crippen LogP contribution in [0.1, 0.15) is 34.0 Å². The fraction of sp³-hybridized carbons (Fsp3) is 0.312. The molecule has 2 N–H and O–H groups in total. The van der Waals surface area contributed by atoms with Crippen molar-refractivity contribution in [3.8, 4) is 11.5 Å². The molecule has 1 aliphatic carbocycles.